The molecule has 0 aliphatic heterocycles. The first-order valence-electron chi connectivity index (χ1n) is 10.6. The van der Waals surface area contributed by atoms with Crippen molar-refractivity contribution in [1.29, 1.82) is 0 Å². The topological polar surface area (TPSA) is 90.6 Å². The number of rotatable bonds is 3. The minimum absolute atomic E-state index is 0.0844. The summed E-state index contributed by atoms with van der Waals surface area (Å²) in [7, 11) is 1.86. The van der Waals surface area contributed by atoms with E-state index >= 15 is 0 Å². The molecule has 3 aromatic heterocycles. The number of pyridine rings is 1. The Labute approximate surface area is 168 Å². The summed E-state index contributed by atoms with van der Waals surface area (Å²) in [5, 5.41) is 7.83. The molecule has 7 heteroatoms. The van der Waals surface area contributed by atoms with Crippen molar-refractivity contribution < 1.29 is 4.79 Å². The SMILES string of the molecule is CN(C(=O)C12CC(C1)C2)c1cnc2nc(-c3n[nH]c4c3C[C@@H]3C[C@]3(C)C4)[nH]c2c1. The monoisotopic (exact) mass is 388 g/mol. The van der Waals surface area contributed by atoms with Crippen molar-refractivity contribution in [3.8, 4) is 11.5 Å². The van der Waals surface area contributed by atoms with Gasteiger partial charge in [0.2, 0.25) is 5.91 Å². The molecule has 3 aromatic rings. The van der Waals surface area contributed by atoms with Crippen LogP contribution in [0.3, 0.4) is 0 Å². The molecule has 0 saturated heterocycles. The number of anilines is 1. The summed E-state index contributed by atoms with van der Waals surface area (Å²) in [6.45, 7) is 2.37. The Hall–Kier alpha value is -2.70. The van der Waals surface area contributed by atoms with Crippen molar-refractivity contribution in [1.82, 2.24) is 25.1 Å². The molecule has 8 rings (SSSR count). The maximum absolute atomic E-state index is 12.9. The predicted molar refractivity (Wildman–Crippen MR) is 108 cm³/mol. The van der Waals surface area contributed by atoms with Crippen molar-refractivity contribution in [2.75, 3.05) is 11.9 Å². The first-order chi connectivity index (χ1) is 13.9. The Morgan fingerprint density at radius 2 is 2.10 bits per heavy atom. The summed E-state index contributed by atoms with van der Waals surface area (Å²) < 4.78 is 0. The van der Waals surface area contributed by atoms with Crippen LogP contribution in [0.2, 0.25) is 0 Å². The van der Waals surface area contributed by atoms with Gasteiger partial charge in [-0.1, -0.05) is 6.92 Å². The highest BCUT2D eigenvalue weighted by molar-refractivity contribution is 6.00. The number of aromatic amines is 2. The number of amides is 1. The lowest BCUT2D eigenvalue weighted by Gasteiger charge is -2.61. The second kappa shape index (κ2) is 4.89. The van der Waals surface area contributed by atoms with Crippen LogP contribution >= 0.6 is 0 Å². The number of aromatic nitrogens is 5. The molecule has 148 valence electrons. The van der Waals surface area contributed by atoms with Gasteiger partial charge in [-0.3, -0.25) is 9.89 Å². The molecule has 2 bridgehead atoms. The fourth-order valence-corrected chi connectivity index (χ4v) is 6.05. The van der Waals surface area contributed by atoms with E-state index in [2.05, 4.69) is 27.1 Å². The predicted octanol–water partition coefficient (Wildman–Crippen LogP) is 3.24. The zero-order valence-electron chi connectivity index (χ0n) is 16.7. The maximum Gasteiger partial charge on any atom is 0.233 e. The van der Waals surface area contributed by atoms with Crippen molar-refractivity contribution >= 4 is 22.8 Å². The van der Waals surface area contributed by atoms with Crippen LogP contribution in [0.15, 0.2) is 12.3 Å². The number of imidazole rings is 1. The summed E-state index contributed by atoms with van der Waals surface area (Å²) >= 11 is 0. The van der Waals surface area contributed by atoms with Gasteiger partial charge in [-0.25, -0.2) is 9.97 Å². The van der Waals surface area contributed by atoms with Gasteiger partial charge in [-0.05, 0) is 61.8 Å². The van der Waals surface area contributed by atoms with E-state index in [1.807, 2.05) is 13.1 Å². The van der Waals surface area contributed by atoms with E-state index in [1.165, 1.54) is 17.7 Å². The molecule has 2 atom stereocenters. The van der Waals surface area contributed by atoms with Gasteiger partial charge in [-0.15, -0.1) is 0 Å². The summed E-state index contributed by atoms with van der Waals surface area (Å²) in [5.41, 5.74) is 6.20. The fraction of sp³-hybridized carbons (Fsp3) is 0.545. The van der Waals surface area contributed by atoms with Gasteiger partial charge in [0.15, 0.2) is 11.5 Å². The molecule has 0 spiro atoms. The quantitative estimate of drug-likeness (QED) is 0.721. The van der Waals surface area contributed by atoms with Crippen LogP contribution < -0.4 is 4.90 Å². The largest absolute Gasteiger partial charge is 0.335 e. The van der Waals surface area contributed by atoms with E-state index < -0.39 is 0 Å². The van der Waals surface area contributed by atoms with Crippen molar-refractivity contribution in [2.45, 2.75) is 45.4 Å². The van der Waals surface area contributed by atoms with E-state index in [0.29, 0.717) is 11.1 Å². The zero-order chi connectivity index (χ0) is 19.5. The van der Waals surface area contributed by atoms with Gasteiger partial charge in [0.05, 0.1) is 22.8 Å². The molecule has 29 heavy (non-hydrogen) atoms. The molecule has 3 heterocycles. The third kappa shape index (κ3) is 2.03. The van der Waals surface area contributed by atoms with Gasteiger partial charge in [0, 0.05) is 18.3 Å². The molecule has 1 amide bonds. The molecule has 0 radical (unpaired) electrons. The van der Waals surface area contributed by atoms with Gasteiger partial charge < -0.3 is 9.88 Å². The van der Waals surface area contributed by atoms with Gasteiger partial charge in [-0.2, -0.15) is 5.10 Å². The maximum atomic E-state index is 12.9. The van der Waals surface area contributed by atoms with Crippen molar-refractivity contribution in [3.05, 3.63) is 23.5 Å². The normalized spacial score (nSPS) is 33.4. The van der Waals surface area contributed by atoms with E-state index in [0.717, 1.165) is 66.7 Å². The number of carbonyl (C=O) groups is 1. The van der Waals surface area contributed by atoms with Crippen LogP contribution in [0, 0.1) is 22.7 Å². The Balaban J connectivity index is 1.22. The second-order valence-electron chi connectivity index (χ2n) is 10.2. The van der Waals surface area contributed by atoms with E-state index in [1.54, 1.807) is 11.1 Å². The minimum atomic E-state index is -0.0844. The summed E-state index contributed by atoms with van der Waals surface area (Å²) in [4.78, 5) is 27.3. The molecular weight excluding hydrogens is 364 g/mol. The number of hydrogen-bond acceptors (Lipinski definition) is 4. The zero-order valence-corrected chi connectivity index (χ0v) is 16.7. The Morgan fingerprint density at radius 3 is 2.86 bits per heavy atom. The lowest BCUT2D eigenvalue weighted by Crippen LogP contribution is -2.60. The number of fused-ring (bicyclic) bond motifs is 3. The van der Waals surface area contributed by atoms with Crippen molar-refractivity contribution in [2.24, 2.45) is 22.7 Å². The summed E-state index contributed by atoms with van der Waals surface area (Å²) in [6, 6.07) is 1.99. The van der Waals surface area contributed by atoms with Gasteiger partial charge in [0.25, 0.3) is 0 Å². The average molecular weight is 388 g/mol. The van der Waals surface area contributed by atoms with Gasteiger partial charge in [0.1, 0.15) is 5.69 Å². The smallest absolute Gasteiger partial charge is 0.233 e. The highest BCUT2D eigenvalue weighted by atomic mass is 16.2. The molecule has 4 fully saturated rings. The van der Waals surface area contributed by atoms with E-state index in [-0.39, 0.29) is 11.3 Å². The van der Waals surface area contributed by atoms with Crippen LogP contribution in [-0.4, -0.2) is 38.1 Å². The van der Waals surface area contributed by atoms with Crippen LogP contribution in [0.1, 0.15) is 43.9 Å². The number of hydrogen-bond donors (Lipinski definition) is 2. The third-order valence-corrected chi connectivity index (χ3v) is 8.25. The number of nitrogens with one attached hydrogen (secondary N) is 2. The molecule has 2 N–H and O–H groups in total. The Morgan fingerprint density at radius 1 is 1.28 bits per heavy atom. The van der Waals surface area contributed by atoms with Crippen LogP contribution in [0.25, 0.3) is 22.7 Å². The Bertz CT molecular complexity index is 1190. The van der Waals surface area contributed by atoms with Crippen LogP contribution in [0.5, 0.6) is 0 Å². The highest BCUT2D eigenvalue weighted by Gasteiger charge is 2.62. The van der Waals surface area contributed by atoms with Crippen LogP contribution in [-0.2, 0) is 17.6 Å². The first kappa shape index (κ1) is 16.1. The lowest BCUT2D eigenvalue weighted by molar-refractivity contribution is -0.161. The van der Waals surface area contributed by atoms with E-state index in [4.69, 9.17) is 4.98 Å². The molecule has 0 aromatic carbocycles. The number of nitrogens with zero attached hydrogens (tertiary/aromatic N) is 4. The molecule has 5 aliphatic rings. The van der Waals surface area contributed by atoms with Gasteiger partial charge >= 0.3 is 0 Å². The fourth-order valence-electron chi connectivity index (χ4n) is 6.05. The molecule has 4 saturated carbocycles. The third-order valence-electron chi connectivity index (χ3n) is 8.25. The second-order valence-corrected chi connectivity index (χ2v) is 10.2. The molecule has 5 aliphatic carbocycles. The van der Waals surface area contributed by atoms with E-state index in [9.17, 15) is 4.79 Å². The highest BCUT2D eigenvalue weighted by Crippen LogP contribution is 2.65. The average Bonchev–Trinajstić information content (AvgIpc) is 2.95. The molecule has 0 unspecified atom stereocenters. The van der Waals surface area contributed by atoms with Crippen LogP contribution in [0.4, 0.5) is 5.69 Å². The molecular formula is C22H24N6O. The minimum Gasteiger partial charge on any atom is -0.335 e. The summed E-state index contributed by atoms with van der Waals surface area (Å²) in [5.74, 6) is 2.56. The molecule has 7 nitrogen and oxygen atoms in total. The number of carbonyl (C=O) groups excluding carboxylic acids is 1. The summed E-state index contributed by atoms with van der Waals surface area (Å²) in [6.07, 6.45) is 8.40. The van der Waals surface area contributed by atoms with Crippen molar-refractivity contribution in [3.63, 3.8) is 0 Å². The first-order valence-corrected chi connectivity index (χ1v) is 10.6. The lowest BCUT2D eigenvalue weighted by atomic mass is 9.44. The number of H-pyrrole nitrogens is 2. The standard InChI is InChI=1S/C22H24N6O/c1-21-8-12(21)3-14-16(9-21)26-27-17(14)19-24-15-4-13(10-23-18(15)25-19)28(2)20(29)22-5-11(6-22)7-22/h4,10-12H,3,5-9H2,1-2H3,(H,26,27)(H,23,24,25)/t11?,12-,21-,22?/m1/s1. The Kier molecular flexibility index (Phi) is 2.72.